The second-order valence-corrected chi connectivity index (χ2v) is 3.09. The lowest BCUT2D eigenvalue weighted by atomic mass is 10.3. The van der Waals surface area contributed by atoms with Gasteiger partial charge in [-0.3, -0.25) is 4.79 Å². The smallest absolute Gasteiger partial charge is 0.343 e. The van der Waals surface area contributed by atoms with Gasteiger partial charge >= 0.3 is 5.97 Å². The highest BCUT2D eigenvalue weighted by Crippen LogP contribution is 2.17. The van der Waals surface area contributed by atoms with Crippen LogP contribution in [0.5, 0.6) is 5.75 Å². The summed E-state index contributed by atoms with van der Waals surface area (Å²) in [5.41, 5.74) is 0.567. The van der Waals surface area contributed by atoms with Crippen LogP contribution >= 0.6 is 0 Å². The van der Waals surface area contributed by atoms with E-state index in [0.29, 0.717) is 11.4 Å². The molecule has 0 radical (unpaired) electrons. The van der Waals surface area contributed by atoms with E-state index < -0.39 is 5.97 Å². The van der Waals surface area contributed by atoms with Gasteiger partial charge in [0.2, 0.25) is 5.91 Å². The number of rotatable bonds is 5. The molecule has 0 fully saturated rings. The zero-order valence-electron chi connectivity index (χ0n) is 9.43. The monoisotopic (exact) mass is 235 g/mol. The predicted molar refractivity (Wildman–Crippen MR) is 62.8 cm³/mol. The third kappa shape index (κ3) is 4.38. The van der Waals surface area contributed by atoms with Crippen molar-refractivity contribution in [3.05, 3.63) is 36.9 Å². The van der Waals surface area contributed by atoms with Gasteiger partial charge in [0.05, 0.1) is 7.11 Å². The normalized spacial score (nSPS) is 9.24. The fourth-order valence-electron chi connectivity index (χ4n) is 1.06. The number of ether oxygens (including phenoxy) is 2. The molecule has 1 aromatic rings. The molecule has 0 spiro atoms. The standard InChI is InChI=1S/C12H13NO4/c1-3-11(14)13-9-5-4-6-10(7-9)17-8-12(15)16-2/h3-7H,1,8H2,2H3,(H,13,14). The molecule has 0 aliphatic heterocycles. The van der Waals surface area contributed by atoms with Gasteiger partial charge in [0.15, 0.2) is 6.61 Å². The maximum absolute atomic E-state index is 11.1. The van der Waals surface area contributed by atoms with Gasteiger partial charge in [-0.1, -0.05) is 12.6 Å². The number of hydrogen-bond donors (Lipinski definition) is 1. The van der Waals surface area contributed by atoms with Crippen molar-refractivity contribution in [3.8, 4) is 5.75 Å². The molecule has 1 amide bonds. The van der Waals surface area contributed by atoms with Crippen LogP contribution in [0.1, 0.15) is 0 Å². The lowest BCUT2D eigenvalue weighted by Gasteiger charge is -2.07. The van der Waals surface area contributed by atoms with Crippen molar-refractivity contribution < 1.29 is 19.1 Å². The average Bonchev–Trinajstić information content (AvgIpc) is 2.36. The number of carbonyl (C=O) groups is 2. The van der Waals surface area contributed by atoms with Crippen LogP contribution in [0, 0.1) is 0 Å². The summed E-state index contributed by atoms with van der Waals surface area (Å²) in [6.07, 6.45) is 1.17. The van der Waals surface area contributed by atoms with Gasteiger partial charge < -0.3 is 14.8 Å². The Labute approximate surface area is 99.0 Å². The summed E-state index contributed by atoms with van der Waals surface area (Å²) < 4.78 is 9.60. The molecule has 0 saturated carbocycles. The molecule has 1 aromatic carbocycles. The van der Waals surface area contributed by atoms with E-state index in [0.717, 1.165) is 0 Å². The molecule has 0 heterocycles. The average molecular weight is 235 g/mol. The van der Waals surface area contributed by atoms with Crippen LogP contribution in [-0.2, 0) is 14.3 Å². The topological polar surface area (TPSA) is 64.6 Å². The first kappa shape index (κ1) is 12.8. The Balaban J connectivity index is 2.62. The van der Waals surface area contributed by atoms with E-state index >= 15 is 0 Å². The molecule has 0 atom stereocenters. The van der Waals surface area contributed by atoms with Crippen molar-refractivity contribution >= 4 is 17.6 Å². The van der Waals surface area contributed by atoms with Crippen LogP contribution in [0.2, 0.25) is 0 Å². The van der Waals surface area contributed by atoms with E-state index in [2.05, 4.69) is 16.6 Å². The number of carbonyl (C=O) groups excluding carboxylic acids is 2. The second kappa shape index (κ2) is 6.32. The quantitative estimate of drug-likeness (QED) is 0.618. The van der Waals surface area contributed by atoms with Crippen molar-refractivity contribution in [2.45, 2.75) is 0 Å². The highest BCUT2D eigenvalue weighted by molar-refractivity contribution is 5.98. The van der Waals surface area contributed by atoms with Crippen molar-refractivity contribution in [1.29, 1.82) is 0 Å². The number of amides is 1. The van der Waals surface area contributed by atoms with Crippen LogP contribution in [0.25, 0.3) is 0 Å². The van der Waals surface area contributed by atoms with Gasteiger partial charge in [0.1, 0.15) is 5.75 Å². The van der Waals surface area contributed by atoms with Gasteiger partial charge in [0, 0.05) is 11.8 Å². The van der Waals surface area contributed by atoms with Gasteiger partial charge in [-0.25, -0.2) is 4.79 Å². The molecule has 5 nitrogen and oxygen atoms in total. The highest BCUT2D eigenvalue weighted by Gasteiger charge is 2.03. The molecule has 1 N–H and O–H groups in total. The minimum atomic E-state index is -0.467. The minimum absolute atomic E-state index is 0.171. The van der Waals surface area contributed by atoms with Crippen LogP contribution in [-0.4, -0.2) is 25.6 Å². The third-order valence-electron chi connectivity index (χ3n) is 1.87. The fourth-order valence-corrected chi connectivity index (χ4v) is 1.06. The molecule has 90 valence electrons. The number of methoxy groups -OCH3 is 1. The SMILES string of the molecule is C=CC(=O)Nc1cccc(OCC(=O)OC)c1. The van der Waals surface area contributed by atoms with Crippen molar-refractivity contribution in [2.24, 2.45) is 0 Å². The van der Waals surface area contributed by atoms with Crippen LogP contribution in [0.3, 0.4) is 0 Å². The number of nitrogens with one attached hydrogen (secondary N) is 1. The predicted octanol–water partition coefficient (Wildman–Crippen LogP) is 1.36. The summed E-state index contributed by atoms with van der Waals surface area (Å²) >= 11 is 0. The Kier molecular flexibility index (Phi) is 4.75. The molecular formula is C12H13NO4. The van der Waals surface area contributed by atoms with Gasteiger partial charge in [-0.2, -0.15) is 0 Å². The molecule has 0 saturated heterocycles. The van der Waals surface area contributed by atoms with Gasteiger partial charge in [-0.05, 0) is 18.2 Å². The van der Waals surface area contributed by atoms with Crippen molar-refractivity contribution in [1.82, 2.24) is 0 Å². The molecule has 0 unspecified atom stereocenters. The molecule has 0 aromatic heterocycles. The van der Waals surface area contributed by atoms with E-state index in [-0.39, 0.29) is 12.5 Å². The summed E-state index contributed by atoms with van der Waals surface area (Å²) in [5.74, 6) is -0.307. The van der Waals surface area contributed by atoms with Crippen LogP contribution < -0.4 is 10.1 Å². The first-order valence-corrected chi connectivity index (χ1v) is 4.89. The summed E-state index contributed by atoms with van der Waals surface area (Å²) in [6.45, 7) is 3.17. The van der Waals surface area contributed by atoms with E-state index in [1.54, 1.807) is 24.3 Å². The maximum atomic E-state index is 11.1. The first-order chi connectivity index (χ1) is 8.15. The van der Waals surface area contributed by atoms with Crippen molar-refractivity contribution in [3.63, 3.8) is 0 Å². The fraction of sp³-hybridized carbons (Fsp3) is 0.167. The largest absolute Gasteiger partial charge is 0.482 e. The Morgan fingerprint density at radius 3 is 2.88 bits per heavy atom. The molecular weight excluding hydrogens is 222 g/mol. The molecule has 0 aliphatic rings. The number of anilines is 1. The van der Waals surface area contributed by atoms with Crippen LogP contribution in [0.15, 0.2) is 36.9 Å². The van der Waals surface area contributed by atoms with Gasteiger partial charge in [-0.15, -0.1) is 0 Å². The Morgan fingerprint density at radius 2 is 2.24 bits per heavy atom. The van der Waals surface area contributed by atoms with E-state index in [4.69, 9.17) is 4.74 Å². The zero-order chi connectivity index (χ0) is 12.7. The number of hydrogen-bond acceptors (Lipinski definition) is 4. The van der Waals surface area contributed by atoms with Crippen molar-refractivity contribution in [2.75, 3.05) is 19.0 Å². The molecule has 0 aliphatic carbocycles. The summed E-state index contributed by atoms with van der Waals surface area (Å²) in [6, 6.07) is 6.68. The number of benzene rings is 1. The zero-order valence-corrected chi connectivity index (χ0v) is 9.43. The molecule has 17 heavy (non-hydrogen) atoms. The number of esters is 1. The minimum Gasteiger partial charge on any atom is -0.482 e. The highest BCUT2D eigenvalue weighted by atomic mass is 16.6. The lowest BCUT2D eigenvalue weighted by Crippen LogP contribution is -2.13. The summed E-state index contributed by atoms with van der Waals surface area (Å²) in [7, 11) is 1.28. The second-order valence-electron chi connectivity index (χ2n) is 3.09. The summed E-state index contributed by atoms with van der Waals surface area (Å²) in [5, 5.41) is 2.58. The van der Waals surface area contributed by atoms with E-state index in [1.807, 2.05) is 0 Å². The maximum Gasteiger partial charge on any atom is 0.343 e. The molecule has 1 rings (SSSR count). The molecule has 0 bridgehead atoms. The van der Waals surface area contributed by atoms with Gasteiger partial charge in [0.25, 0.3) is 0 Å². The lowest BCUT2D eigenvalue weighted by molar-refractivity contribution is -0.142. The van der Waals surface area contributed by atoms with E-state index in [9.17, 15) is 9.59 Å². The Hall–Kier alpha value is -2.30. The first-order valence-electron chi connectivity index (χ1n) is 4.89. The van der Waals surface area contributed by atoms with E-state index in [1.165, 1.54) is 13.2 Å². The Bertz CT molecular complexity index is 428. The Morgan fingerprint density at radius 1 is 1.47 bits per heavy atom. The van der Waals surface area contributed by atoms with Crippen LogP contribution in [0.4, 0.5) is 5.69 Å². The third-order valence-corrected chi connectivity index (χ3v) is 1.87. The summed E-state index contributed by atoms with van der Waals surface area (Å²) in [4.78, 5) is 21.9. The molecule has 5 heteroatoms.